The first-order valence-electron chi connectivity index (χ1n) is 8.91. The number of aliphatic imine (C=N–C) groups is 1. The van der Waals surface area contributed by atoms with Crippen LogP contribution in [0.3, 0.4) is 0 Å². The van der Waals surface area contributed by atoms with Crippen molar-refractivity contribution < 1.29 is 0 Å². The number of hydrogen-bond donors (Lipinski definition) is 2. The first-order valence-corrected chi connectivity index (χ1v) is 8.91. The van der Waals surface area contributed by atoms with E-state index in [0.29, 0.717) is 13.1 Å². The van der Waals surface area contributed by atoms with Crippen LogP contribution in [0.15, 0.2) is 72.0 Å². The highest BCUT2D eigenvalue weighted by molar-refractivity contribution is 5.79. The van der Waals surface area contributed by atoms with E-state index in [1.807, 2.05) is 29.1 Å². The van der Waals surface area contributed by atoms with Gasteiger partial charge in [0.2, 0.25) is 0 Å². The molecule has 0 radical (unpaired) electrons. The third-order valence-electron chi connectivity index (χ3n) is 3.99. The van der Waals surface area contributed by atoms with Gasteiger partial charge in [-0.1, -0.05) is 42.0 Å². The van der Waals surface area contributed by atoms with Gasteiger partial charge in [0.15, 0.2) is 5.96 Å². The first kappa shape index (κ1) is 17.7. The molecule has 5 nitrogen and oxygen atoms in total. The zero-order valence-electron chi connectivity index (χ0n) is 15.3. The monoisotopic (exact) mass is 347 g/mol. The fraction of sp³-hybridized carbons (Fsp3) is 0.238. The molecule has 2 aromatic carbocycles. The second kappa shape index (κ2) is 8.85. The van der Waals surface area contributed by atoms with Crippen LogP contribution < -0.4 is 10.6 Å². The lowest BCUT2D eigenvalue weighted by Gasteiger charge is -2.12. The van der Waals surface area contributed by atoms with E-state index in [-0.39, 0.29) is 0 Å². The SMILES string of the molecule is CCNC(=NCc1cccc(C)c1)NCc1cccc(-n2cccn2)c1. The molecule has 0 aliphatic carbocycles. The van der Waals surface area contributed by atoms with Gasteiger partial charge in [-0.3, -0.25) is 0 Å². The van der Waals surface area contributed by atoms with Gasteiger partial charge in [-0.25, -0.2) is 9.67 Å². The summed E-state index contributed by atoms with van der Waals surface area (Å²) in [5, 5.41) is 11.0. The minimum Gasteiger partial charge on any atom is -0.357 e. The van der Waals surface area contributed by atoms with Gasteiger partial charge in [0, 0.05) is 25.5 Å². The van der Waals surface area contributed by atoms with Crippen LogP contribution in [0.1, 0.15) is 23.6 Å². The Kier molecular flexibility index (Phi) is 6.04. The Labute approximate surface area is 154 Å². The summed E-state index contributed by atoms with van der Waals surface area (Å²) in [7, 11) is 0. The molecule has 0 fully saturated rings. The topological polar surface area (TPSA) is 54.2 Å². The molecular weight excluding hydrogens is 322 g/mol. The van der Waals surface area contributed by atoms with Crippen molar-refractivity contribution in [2.45, 2.75) is 26.9 Å². The van der Waals surface area contributed by atoms with Crippen molar-refractivity contribution >= 4 is 5.96 Å². The summed E-state index contributed by atoms with van der Waals surface area (Å²) < 4.78 is 1.86. The van der Waals surface area contributed by atoms with Crippen LogP contribution in [0.4, 0.5) is 0 Å². The van der Waals surface area contributed by atoms with E-state index in [4.69, 9.17) is 0 Å². The molecule has 134 valence electrons. The van der Waals surface area contributed by atoms with E-state index in [1.165, 1.54) is 16.7 Å². The molecule has 5 heteroatoms. The molecule has 0 spiro atoms. The van der Waals surface area contributed by atoms with Crippen molar-refractivity contribution in [3.8, 4) is 5.69 Å². The summed E-state index contributed by atoms with van der Waals surface area (Å²) in [5.74, 6) is 0.818. The van der Waals surface area contributed by atoms with E-state index >= 15 is 0 Å². The maximum absolute atomic E-state index is 4.69. The summed E-state index contributed by atoms with van der Waals surface area (Å²) in [5.41, 5.74) is 4.70. The number of nitrogens with one attached hydrogen (secondary N) is 2. The highest BCUT2D eigenvalue weighted by Gasteiger charge is 2.01. The molecule has 26 heavy (non-hydrogen) atoms. The predicted octanol–water partition coefficient (Wildman–Crippen LogP) is 3.44. The molecule has 3 aromatic rings. The van der Waals surface area contributed by atoms with Crippen molar-refractivity contribution in [1.82, 2.24) is 20.4 Å². The number of aryl methyl sites for hydroxylation is 1. The Morgan fingerprint density at radius 1 is 1.04 bits per heavy atom. The summed E-state index contributed by atoms with van der Waals surface area (Å²) in [6.45, 7) is 6.36. The van der Waals surface area contributed by atoms with Gasteiger partial charge in [-0.15, -0.1) is 0 Å². The van der Waals surface area contributed by atoms with Gasteiger partial charge in [-0.05, 0) is 43.2 Å². The van der Waals surface area contributed by atoms with Crippen molar-refractivity contribution in [1.29, 1.82) is 0 Å². The van der Waals surface area contributed by atoms with Crippen LogP contribution in [-0.2, 0) is 13.1 Å². The van der Waals surface area contributed by atoms with Gasteiger partial charge >= 0.3 is 0 Å². The average molecular weight is 347 g/mol. The van der Waals surface area contributed by atoms with Crippen molar-refractivity contribution in [2.24, 2.45) is 4.99 Å². The summed E-state index contributed by atoms with van der Waals surface area (Å²) in [6.07, 6.45) is 3.73. The molecule has 1 aromatic heterocycles. The van der Waals surface area contributed by atoms with E-state index in [1.54, 1.807) is 6.20 Å². The maximum Gasteiger partial charge on any atom is 0.191 e. The van der Waals surface area contributed by atoms with Gasteiger partial charge < -0.3 is 10.6 Å². The smallest absolute Gasteiger partial charge is 0.191 e. The number of hydrogen-bond acceptors (Lipinski definition) is 2. The number of guanidine groups is 1. The molecule has 0 atom stereocenters. The minimum absolute atomic E-state index is 0.657. The van der Waals surface area contributed by atoms with Crippen molar-refractivity contribution in [2.75, 3.05) is 6.54 Å². The fourth-order valence-electron chi connectivity index (χ4n) is 2.74. The molecule has 0 saturated carbocycles. The van der Waals surface area contributed by atoms with Gasteiger partial charge in [0.1, 0.15) is 0 Å². The normalized spacial score (nSPS) is 11.4. The summed E-state index contributed by atoms with van der Waals surface area (Å²) >= 11 is 0. The second-order valence-electron chi connectivity index (χ2n) is 6.16. The van der Waals surface area contributed by atoms with Gasteiger partial charge in [0.25, 0.3) is 0 Å². The predicted molar refractivity (Wildman–Crippen MR) is 106 cm³/mol. The number of aromatic nitrogens is 2. The lowest BCUT2D eigenvalue weighted by Crippen LogP contribution is -2.36. The molecule has 3 rings (SSSR count). The quantitative estimate of drug-likeness (QED) is 0.530. The molecule has 0 saturated heterocycles. The number of benzene rings is 2. The molecule has 1 heterocycles. The third-order valence-corrected chi connectivity index (χ3v) is 3.99. The summed E-state index contributed by atoms with van der Waals surface area (Å²) in [4.78, 5) is 4.69. The fourth-order valence-corrected chi connectivity index (χ4v) is 2.74. The lowest BCUT2D eigenvalue weighted by atomic mass is 10.1. The van der Waals surface area contributed by atoms with E-state index in [0.717, 1.165) is 18.2 Å². The number of rotatable bonds is 6. The zero-order chi connectivity index (χ0) is 18.2. The van der Waals surface area contributed by atoms with Gasteiger partial charge in [-0.2, -0.15) is 5.10 Å². The maximum atomic E-state index is 4.69. The Balaban J connectivity index is 1.65. The van der Waals surface area contributed by atoms with Crippen LogP contribution in [-0.4, -0.2) is 22.3 Å². The molecule has 0 bridgehead atoms. The van der Waals surface area contributed by atoms with Crippen LogP contribution in [0, 0.1) is 6.92 Å². The van der Waals surface area contributed by atoms with Crippen molar-refractivity contribution in [3.63, 3.8) is 0 Å². The summed E-state index contributed by atoms with van der Waals surface area (Å²) in [6, 6.07) is 18.7. The first-order chi connectivity index (χ1) is 12.7. The minimum atomic E-state index is 0.657. The standard InChI is InChI=1S/C21H25N5/c1-3-22-21(23-15-18-8-4-7-17(2)13-18)24-16-19-9-5-10-20(14-19)26-12-6-11-25-26/h4-14H,3,15-16H2,1-2H3,(H2,22,23,24). The van der Waals surface area contributed by atoms with E-state index in [9.17, 15) is 0 Å². The third kappa shape index (κ3) is 4.96. The molecule has 0 amide bonds. The zero-order valence-corrected chi connectivity index (χ0v) is 15.3. The average Bonchev–Trinajstić information content (AvgIpc) is 3.19. The second-order valence-corrected chi connectivity index (χ2v) is 6.16. The van der Waals surface area contributed by atoms with Crippen LogP contribution in [0.2, 0.25) is 0 Å². The molecule has 2 N–H and O–H groups in total. The van der Waals surface area contributed by atoms with Gasteiger partial charge in [0.05, 0.1) is 12.2 Å². The van der Waals surface area contributed by atoms with Crippen LogP contribution in [0.5, 0.6) is 0 Å². The Bertz CT molecular complexity index is 852. The molecule has 0 aliphatic rings. The number of nitrogens with zero attached hydrogens (tertiary/aromatic N) is 3. The highest BCUT2D eigenvalue weighted by Crippen LogP contribution is 2.09. The van der Waals surface area contributed by atoms with Crippen molar-refractivity contribution in [3.05, 3.63) is 83.7 Å². The lowest BCUT2D eigenvalue weighted by molar-refractivity contribution is 0.812. The largest absolute Gasteiger partial charge is 0.357 e. The van der Waals surface area contributed by atoms with Crippen LogP contribution in [0.25, 0.3) is 5.69 Å². The van der Waals surface area contributed by atoms with E-state index < -0.39 is 0 Å². The highest BCUT2D eigenvalue weighted by atomic mass is 15.3. The Hall–Kier alpha value is -3.08. The Morgan fingerprint density at radius 2 is 1.88 bits per heavy atom. The van der Waals surface area contributed by atoms with Crippen LogP contribution >= 0.6 is 0 Å². The molecule has 0 unspecified atom stereocenters. The molecular formula is C21H25N5. The van der Waals surface area contributed by atoms with E-state index in [2.05, 4.69) is 71.0 Å². The Morgan fingerprint density at radius 3 is 2.65 bits per heavy atom. The molecule has 0 aliphatic heterocycles.